The predicted molar refractivity (Wildman–Crippen MR) is 75.9 cm³/mol. The smallest absolute Gasteiger partial charge is 0.325 e. The molecule has 2 N–H and O–H groups in total. The van der Waals surface area contributed by atoms with Gasteiger partial charge in [-0.25, -0.2) is 0 Å². The van der Waals surface area contributed by atoms with Crippen LogP contribution in [0.4, 0.5) is 0 Å². The highest BCUT2D eigenvalue weighted by atomic mass is 16.5. The summed E-state index contributed by atoms with van der Waals surface area (Å²) in [6.07, 6.45) is 9.25. The first-order valence-corrected chi connectivity index (χ1v) is 7.51. The average molecular weight is 271 g/mol. The second kappa shape index (κ2) is 8.54. The van der Waals surface area contributed by atoms with E-state index >= 15 is 0 Å². The Morgan fingerprint density at radius 3 is 2.58 bits per heavy atom. The molecule has 0 aromatic rings. The quantitative estimate of drug-likeness (QED) is 0.544. The summed E-state index contributed by atoms with van der Waals surface area (Å²) >= 11 is 0. The Bertz CT molecular complexity index is 260. The van der Waals surface area contributed by atoms with E-state index in [0.29, 0.717) is 6.42 Å². The molecule has 1 rings (SSSR count). The van der Waals surface area contributed by atoms with Crippen LogP contribution in [0.1, 0.15) is 58.3 Å². The van der Waals surface area contributed by atoms with Gasteiger partial charge in [0.25, 0.3) is 0 Å². The van der Waals surface area contributed by atoms with Gasteiger partial charge < -0.3 is 15.2 Å². The van der Waals surface area contributed by atoms with Crippen LogP contribution in [0.2, 0.25) is 0 Å². The highest BCUT2D eigenvalue weighted by Crippen LogP contribution is 2.23. The molecule has 0 aliphatic heterocycles. The number of rotatable bonds is 8. The van der Waals surface area contributed by atoms with Crippen molar-refractivity contribution in [1.29, 1.82) is 0 Å². The number of hydrogen-bond donors (Lipinski definition) is 1. The third-order valence-electron chi connectivity index (χ3n) is 3.96. The lowest BCUT2D eigenvalue weighted by molar-refractivity contribution is -0.146. The summed E-state index contributed by atoms with van der Waals surface area (Å²) in [5.41, 5.74) is 5.02. The first-order valence-electron chi connectivity index (χ1n) is 7.51. The van der Waals surface area contributed by atoms with Crippen LogP contribution in [-0.2, 0) is 14.3 Å². The molecule has 1 unspecified atom stereocenters. The lowest BCUT2D eigenvalue weighted by Crippen LogP contribution is -2.45. The fourth-order valence-electron chi connectivity index (χ4n) is 2.64. The molecular weight excluding hydrogens is 242 g/mol. The molecular formula is C15H29NO3. The van der Waals surface area contributed by atoms with E-state index in [1.807, 2.05) is 0 Å². The van der Waals surface area contributed by atoms with Gasteiger partial charge in [-0.2, -0.15) is 0 Å². The van der Waals surface area contributed by atoms with Crippen molar-refractivity contribution in [2.75, 3.05) is 20.3 Å². The lowest BCUT2D eigenvalue weighted by atomic mass is 9.90. The topological polar surface area (TPSA) is 61.5 Å². The van der Waals surface area contributed by atoms with Gasteiger partial charge in [0.2, 0.25) is 0 Å². The van der Waals surface area contributed by atoms with Gasteiger partial charge in [-0.1, -0.05) is 19.3 Å². The largest absolute Gasteiger partial charge is 0.468 e. The summed E-state index contributed by atoms with van der Waals surface area (Å²) < 4.78 is 10.4. The van der Waals surface area contributed by atoms with Crippen molar-refractivity contribution >= 4 is 5.97 Å². The van der Waals surface area contributed by atoms with E-state index in [1.54, 1.807) is 6.92 Å². The second-order valence-electron chi connectivity index (χ2n) is 5.95. The molecule has 0 bridgehead atoms. The number of nitrogens with two attached hydrogens (primary N) is 1. The van der Waals surface area contributed by atoms with E-state index in [4.69, 9.17) is 10.5 Å². The number of esters is 1. The minimum atomic E-state index is -0.863. The lowest BCUT2D eigenvalue weighted by Gasteiger charge is -2.22. The van der Waals surface area contributed by atoms with Crippen molar-refractivity contribution in [2.24, 2.45) is 11.7 Å². The molecule has 0 saturated heterocycles. The Hall–Kier alpha value is -0.610. The first kappa shape index (κ1) is 16.4. The van der Waals surface area contributed by atoms with Gasteiger partial charge in [-0.3, -0.25) is 4.79 Å². The van der Waals surface area contributed by atoms with Gasteiger partial charge in [0.15, 0.2) is 0 Å². The van der Waals surface area contributed by atoms with Crippen LogP contribution in [0.15, 0.2) is 0 Å². The van der Waals surface area contributed by atoms with E-state index in [0.717, 1.165) is 32.0 Å². The van der Waals surface area contributed by atoms with Crippen LogP contribution in [0, 0.1) is 5.92 Å². The number of hydrogen-bond acceptors (Lipinski definition) is 4. The van der Waals surface area contributed by atoms with Gasteiger partial charge in [0.05, 0.1) is 7.11 Å². The Kier molecular flexibility index (Phi) is 7.39. The summed E-state index contributed by atoms with van der Waals surface area (Å²) in [5.74, 6) is 0.430. The molecule has 1 saturated carbocycles. The maximum atomic E-state index is 11.4. The number of ether oxygens (including phenoxy) is 2. The Balaban J connectivity index is 2.00. The fourth-order valence-corrected chi connectivity index (χ4v) is 2.64. The predicted octanol–water partition coefficient (Wildman–Crippen LogP) is 2.64. The minimum Gasteiger partial charge on any atom is -0.468 e. The van der Waals surface area contributed by atoms with Gasteiger partial charge in [-0.05, 0) is 44.9 Å². The highest BCUT2D eigenvalue weighted by molar-refractivity contribution is 5.79. The van der Waals surface area contributed by atoms with E-state index in [-0.39, 0.29) is 5.97 Å². The monoisotopic (exact) mass is 271 g/mol. The maximum absolute atomic E-state index is 11.4. The average Bonchev–Trinajstić information content (AvgIpc) is 2.42. The molecule has 4 nitrogen and oxygen atoms in total. The molecule has 0 radical (unpaired) electrons. The zero-order valence-corrected chi connectivity index (χ0v) is 12.5. The van der Waals surface area contributed by atoms with Gasteiger partial charge in [0.1, 0.15) is 5.54 Å². The van der Waals surface area contributed by atoms with Crippen LogP contribution in [-0.4, -0.2) is 31.8 Å². The van der Waals surface area contributed by atoms with Gasteiger partial charge in [-0.15, -0.1) is 0 Å². The molecule has 1 atom stereocenters. The fraction of sp³-hybridized carbons (Fsp3) is 0.933. The van der Waals surface area contributed by atoms with Crippen LogP contribution in [0.3, 0.4) is 0 Å². The zero-order valence-electron chi connectivity index (χ0n) is 12.5. The van der Waals surface area contributed by atoms with Gasteiger partial charge in [0, 0.05) is 13.2 Å². The van der Waals surface area contributed by atoms with E-state index in [9.17, 15) is 4.79 Å². The molecule has 112 valence electrons. The Labute approximate surface area is 117 Å². The zero-order chi connectivity index (χ0) is 14.1. The maximum Gasteiger partial charge on any atom is 0.325 e. The SMILES string of the molecule is COC(=O)C(C)(N)CCCCOCC1CCCCC1. The second-order valence-corrected chi connectivity index (χ2v) is 5.95. The van der Waals surface area contributed by atoms with Crippen molar-refractivity contribution in [3.8, 4) is 0 Å². The standard InChI is InChI=1S/C15H29NO3/c1-15(16,14(17)18-2)10-6-7-11-19-12-13-8-4-3-5-9-13/h13H,3-12,16H2,1-2H3. The third-order valence-corrected chi connectivity index (χ3v) is 3.96. The molecule has 0 aromatic heterocycles. The van der Waals surface area contributed by atoms with E-state index in [2.05, 4.69) is 4.74 Å². The molecule has 1 aliphatic carbocycles. The number of carbonyl (C=O) groups excluding carboxylic acids is 1. The van der Waals surface area contributed by atoms with Crippen LogP contribution in [0.5, 0.6) is 0 Å². The molecule has 0 spiro atoms. The van der Waals surface area contributed by atoms with Crippen LogP contribution >= 0.6 is 0 Å². The van der Waals surface area contributed by atoms with E-state index < -0.39 is 5.54 Å². The summed E-state index contributed by atoms with van der Waals surface area (Å²) in [6.45, 7) is 3.40. The first-order chi connectivity index (χ1) is 9.06. The Morgan fingerprint density at radius 1 is 1.26 bits per heavy atom. The van der Waals surface area contributed by atoms with Crippen molar-refractivity contribution in [3.63, 3.8) is 0 Å². The van der Waals surface area contributed by atoms with Crippen molar-refractivity contribution in [2.45, 2.75) is 63.8 Å². The summed E-state index contributed by atoms with van der Waals surface area (Å²) in [5, 5.41) is 0. The van der Waals surface area contributed by atoms with Crippen LogP contribution in [0.25, 0.3) is 0 Å². The number of methoxy groups -OCH3 is 1. The van der Waals surface area contributed by atoms with Crippen molar-refractivity contribution in [3.05, 3.63) is 0 Å². The number of unbranched alkanes of at least 4 members (excludes halogenated alkanes) is 1. The molecule has 0 aromatic carbocycles. The molecule has 19 heavy (non-hydrogen) atoms. The molecule has 0 heterocycles. The van der Waals surface area contributed by atoms with Crippen molar-refractivity contribution in [1.82, 2.24) is 0 Å². The summed E-state index contributed by atoms with van der Waals surface area (Å²) in [6, 6.07) is 0. The normalized spacial score (nSPS) is 19.9. The highest BCUT2D eigenvalue weighted by Gasteiger charge is 2.28. The Morgan fingerprint density at radius 2 is 1.95 bits per heavy atom. The molecule has 1 fully saturated rings. The number of carbonyl (C=O) groups is 1. The van der Waals surface area contributed by atoms with Crippen LogP contribution < -0.4 is 5.73 Å². The summed E-state index contributed by atoms with van der Waals surface area (Å²) in [7, 11) is 1.38. The van der Waals surface area contributed by atoms with Gasteiger partial charge >= 0.3 is 5.97 Å². The minimum absolute atomic E-state index is 0.337. The third kappa shape index (κ3) is 6.39. The summed E-state index contributed by atoms with van der Waals surface area (Å²) in [4.78, 5) is 11.4. The molecule has 1 aliphatic rings. The van der Waals surface area contributed by atoms with E-state index in [1.165, 1.54) is 39.2 Å². The molecule has 0 amide bonds. The molecule has 4 heteroatoms. The van der Waals surface area contributed by atoms with Crippen molar-refractivity contribution < 1.29 is 14.3 Å².